The molecule has 2 nitrogen and oxygen atoms in total. The van der Waals surface area contributed by atoms with Crippen molar-refractivity contribution >= 4 is 25.1 Å². The normalized spacial score (nSPS) is 10.6. The summed E-state index contributed by atoms with van der Waals surface area (Å²) >= 11 is 0. The minimum absolute atomic E-state index is 0.242. The van der Waals surface area contributed by atoms with Gasteiger partial charge < -0.3 is 9.81 Å². The van der Waals surface area contributed by atoms with Gasteiger partial charge in [-0.3, -0.25) is 0 Å². The van der Waals surface area contributed by atoms with E-state index in [9.17, 15) is 0 Å². The Labute approximate surface area is 187 Å². The van der Waals surface area contributed by atoms with E-state index in [1.54, 1.807) is 0 Å². The highest BCUT2D eigenvalue weighted by atomic mass is 14.7. The van der Waals surface area contributed by atoms with Crippen molar-refractivity contribution in [3.8, 4) is 0 Å². The third-order valence-electron chi connectivity index (χ3n) is 4.09. The summed E-state index contributed by atoms with van der Waals surface area (Å²) in [5.41, 5.74) is 4.07. The van der Waals surface area contributed by atoms with Gasteiger partial charge in [0.05, 0.1) is 0 Å². The summed E-state index contributed by atoms with van der Waals surface area (Å²) in [4.78, 5) is 9.30. The first-order valence-corrected chi connectivity index (χ1v) is 10.4. The zero-order valence-electron chi connectivity index (χ0n) is 19.4. The van der Waals surface area contributed by atoms with E-state index in [2.05, 4.69) is 62.4 Å². The molecule has 0 aliphatic rings. The standard InChI is InChI=1S/2C13H20BN/c2*1-6-9-13(12(4)5)15-14(10-7-2)11-8-3/h2*6-8H,1-4,9-11H2,5H3/b2*15-13+. The number of allylic oxidation sites excluding steroid dienone is 8. The Morgan fingerprint density at radius 2 is 0.833 bits per heavy atom. The molecule has 160 valence electrons. The fourth-order valence-electron chi connectivity index (χ4n) is 2.56. The average molecular weight is 402 g/mol. The SMILES string of the molecule is C=CCB(CC=C)/N=C(\CC=C)C(=C)C.C=CCB(CC=C)/N=C(\CC=C)C(=C)C. The van der Waals surface area contributed by atoms with Crippen LogP contribution in [0.3, 0.4) is 0 Å². The lowest BCUT2D eigenvalue weighted by molar-refractivity contribution is 1.38. The molecule has 0 aromatic carbocycles. The minimum Gasteiger partial charge on any atom is -0.345 e. The van der Waals surface area contributed by atoms with Crippen molar-refractivity contribution in [3.63, 3.8) is 0 Å². The summed E-state index contributed by atoms with van der Waals surface area (Å²) in [6.45, 7) is 34.6. The predicted molar refractivity (Wildman–Crippen MR) is 146 cm³/mol. The van der Waals surface area contributed by atoms with Gasteiger partial charge in [0.1, 0.15) is 0 Å². The molecule has 0 saturated carbocycles. The topological polar surface area (TPSA) is 24.7 Å². The Morgan fingerprint density at radius 3 is 1.00 bits per heavy atom. The molecule has 0 aliphatic heterocycles. The molecular weight excluding hydrogens is 362 g/mol. The summed E-state index contributed by atoms with van der Waals surface area (Å²) in [5, 5.41) is 0. The molecule has 0 N–H and O–H groups in total. The van der Waals surface area contributed by atoms with Gasteiger partial charge in [-0.2, -0.15) is 0 Å². The maximum atomic E-state index is 4.65. The number of hydrogen-bond donors (Lipinski definition) is 0. The molecule has 30 heavy (non-hydrogen) atoms. The molecule has 0 atom stereocenters. The highest BCUT2D eigenvalue weighted by Crippen LogP contribution is 2.09. The minimum atomic E-state index is 0.242. The molecule has 0 unspecified atom stereocenters. The maximum Gasteiger partial charge on any atom is 0.287 e. The first kappa shape index (κ1) is 29.6. The zero-order valence-corrected chi connectivity index (χ0v) is 19.4. The first-order chi connectivity index (χ1) is 14.3. The summed E-state index contributed by atoms with van der Waals surface area (Å²) in [6.07, 6.45) is 16.3. The zero-order chi connectivity index (χ0) is 23.4. The van der Waals surface area contributed by atoms with E-state index in [1.807, 2.05) is 50.3 Å². The van der Waals surface area contributed by atoms with Gasteiger partial charge in [-0.15, -0.1) is 39.5 Å². The van der Waals surface area contributed by atoms with Crippen LogP contribution in [0.2, 0.25) is 25.3 Å². The molecule has 0 aliphatic carbocycles. The third kappa shape index (κ3) is 15.3. The third-order valence-corrected chi connectivity index (χ3v) is 4.09. The predicted octanol–water partition coefficient (Wildman–Crippen LogP) is 7.89. The van der Waals surface area contributed by atoms with E-state index in [0.29, 0.717) is 0 Å². The summed E-state index contributed by atoms with van der Waals surface area (Å²) in [6, 6.07) is 0. The van der Waals surface area contributed by atoms with E-state index in [4.69, 9.17) is 0 Å². The van der Waals surface area contributed by atoms with Crippen LogP contribution in [0.5, 0.6) is 0 Å². The van der Waals surface area contributed by atoms with Crippen molar-refractivity contribution in [2.24, 2.45) is 9.81 Å². The van der Waals surface area contributed by atoms with Gasteiger partial charge in [0, 0.05) is 24.3 Å². The van der Waals surface area contributed by atoms with Crippen LogP contribution in [0.25, 0.3) is 0 Å². The Kier molecular flexibility index (Phi) is 19.4. The lowest BCUT2D eigenvalue weighted by atomic mass is 9.57. The lowest BCUT2D eigenvalue weighted by Crippen LogP contribution is -2.12. The van der Waals surface area contributed by atoms with Crippen LogP contribution in [0.15, 0.2) is 110 Å². The highest BCUT2D eigenvalue weighted by molar-refractivity contribution is 6.60. The van der Waals surface area contributed by atoms with Crippen molar-refractivity contribution in [1.29, 1.82) is 0 Å². The molecular formula is C26H40B2N2. The van der Waals surface area contributed by atoms with Gasteiger partial charge in [-0.25, -0.2) is 0 Å². The Morgan fingerprint density at radius 1 is 0.567 bits per heavy atom. The summed E-state index contributed by atoms with van der Waals surface area (Å²) < 4.78 is 0. The molecule has 0 bridgehead atoms. The molecule has 0 saturated heterocycles. The second-order valence-corrected chi connectivity index (χ2v) is 7.10. The Bertz CT molecular complexity index is 591. The fraction of sp³-hybridized carbons (Fsp3) is 0.308. The van der Waals surface area contributed by atoms with E-state index in [0.717, 1.165) is 60.7 Å². The van der Waals surface area contributed by atoms with Crippen LogP contribution in [-0.4, -0.2) is 25.1 Å². The molecule has 4 heteroatoms. The van der Waals surface area contributed by atoms with Gasteiger partial charge in [0.2, 0.25) is 0 Å². The van der Waals surface area contributed by atoms with Crippen molar-refractivity contribution in [2.45, 2.75) is 52.0 Å². The molecule has 0 fully saturated rings. The molecule has 0 heterocycles. The first-order valence-electron chi connectivity index (χ1n) is 10.4. The maximum absolute atomic E-state index is 4.65. The smallest absolute Gasteiger partial charge is 0.287 e. The number of rotatable bonds is 16. The van der Waals surface area contributed by atoms with Crippen molar-refractivity contribution < 1.29 is 0 Å². The Hall–Kier alpha value is -2.61. The van der Waals surface area contributed by atoms with Crippen LogP contribution < -0.4 is 0 Å². The van der Waals surface area contributed by atoms with Gasteiger partial charge in [0.15, 0.2) is 0 Å². The molecule has 0 amide bonds. The van der Waals surface area contributed by atoms with Gasteiger partial charge in [-0.1, -0.05) is 49.6 Å². The highest BCUT2D eigenvalue weighted by Gasteiger charge is 2.11. The molecule has 0 rings (SSSR count). The van der Waals surface area contributed by atoms with Crippen molar-refractivity contribution in [2.75, 3.05) is 0 Å². The fourth-order valence-corrected chi connectivity index (χ4v) is 2.56. The molecule has 0 aromatic rings. The Balaban J connectivity index is 0. The van der Waals surface area contributed by atoms with Crippen molar-refractivity contribution in [1.82, 2.24) is 0 Å². The van der Waals surface area contributed by atoms with Crippen molar-refractivity contribution in [3.05, 3.63) is 100 Å². The number of hydrogen-bond acceptors (Lipinski definition) is 2. The van der Waals surface area contributed by atoms with Crippen LogP contribution in [-0.2, 0) is 0 Å². The summed E-state index contributed by atoms with van der Waals surface area (Å²) in [7, 11) is 0. The second kappa shape index (κ2) is 19.7. The van der Waals surface area contributed by atoms with Crippen LogP contribution in [0.4, 0.5) is 0 Å². The lowest BCUT2D eigenvalue weighted by Gasteiger charge is -2.08. The van der Waals surface area contributed by atoms with Crippen LogP contribution in [0, 0.1) is 0 Å². The van der Waals surface area contributed by atoms with Gasteiger partial charge in [0.25, 0.3) is 13.7 Å². The molecule has 0 radical (unpaired) electrons. The van der Waals surface area contributed by atoms with E-state index >= 15 is 0 Å². The summed E-state index contributed by atoms with van der Waals surface area (Å²) in [5.74, 6) is 0. The van der Waals surface area contributed by atoms with E-state index in [1.165, 1.54) is 0 Å². The van der Waals surface area contributed by atoms with Gasteiger partial charge >= 0.3 is 0 Å². The monoisotopic (exact) mass is 402 g/mol. The van der Waals surface area contributed by atoms with Crippen LogP contribution >= 0.6 is 0 Å². The average Bonchev–Trinajstić information content (AvgIpc) is 2.68. The van der Waals surface area contributed by atoms with E-state index < -0.39 is 0 Å². The largest absolute Gasteiger partial charge is 0.345 e. The quantitative estimate of drug-likeness (QED) is 0.143. The molecule has 0 aromatic heterocycles. The molecule has 0 spiro atoms. The van der Waals surface area contributed by atoms with E-state index in [-0.39, 0.29) is 13.7 Å². The van der Waals surface area contributed by atoms with Crippen LogP contribution in [0.1, 0.15) is 26.7 Å². The number of nitrogens with zero attached hydrogens (tertiary/aromatic N) is 2. The van der Waals surface area contributed by atoms with Gasteiger partial charge in [-0.05, 0) is 50.3 Å². The second-order valence-electron chi connectivity index (χ2n) is 7.10.